The maximum Gasteiger partial charge on any atom is 0.269 e. The second-order valence-electron chi connectivity index (χ2n) is 4.48. The van der Waals surface area contributed by atoms with Crippen molar-refractivity contribution in [3.05, 3.63) is 74.3 Å². The molecule has 0 aliphatic carbocycles. The fourth-order valence-electron chi connectivity index (χ4n) is 1.74. The maximum atomic E-state index is 12.1. The third kappa shape index (κ3) is 4.49. The first kappa shape index (κ1) is 16.4. The summed E-state index contributed by atoms with van der Waals surface area (Å²) in [5.41, 5.74) is 0.933. The lowest BCUT2D eigenvalue weighted by molar-refractivity contribution is -0.384. The van der Waals surface area contributed by atoms with E-state index in [0.29, 0.717) is 11.3 Å². The van der Waals surface area contributed by atoms with Crippen molar-refractivity contribution in [3.63, 3.8) is 0 Å². The molecule has 2 rings (SSSR count). The summed E-state index contributed by atoms with van der Waals surface area (Å²) < 4.78 is 0.873. The van der Waals surface area contributed by atoms with Gasteiger partial charge in [-0.3, -0.25) is 14.9 Å². The number of nitro benzene ring substituents is 1. The Labute approximate surface area is 140 Å². The van der Waals surface area contributed by atoms with Gasteiger partial charge in [0.1, 0.15) is 11.6 Å². The van der Waals surface area contributed by atoms with Crippen molar-refractivity contribution in [3.8, 4) is 6.07 Å². The summed E-state index contributed by atoms with van der Waals surface area (Å²) in [6.07, 6.45) is 1.37. The molecule has 0 unspecified atom stereocenters. The SMILES string of the molecule is N#C/C(=C/c1ccc([N+](=O)[O-])cc1)C(=O)Nc1ccc(Br)cc1. The molecule has 23 heavy (non-hydrogen) atoms. The van der Waals surface area contributed by atoms with E-state index in [9.17, 15) is 14.9 Å². The second-order valence-corrected chi connectivity index (χ2v) is 5.40. The minimum atomic E-state index is -0.548. The average Bonchev–Trinajstić information content (AvgIpc) is 2.55. The number of amides is 1. The summed E-state index contributed by atoms with van der Waals surface area (Å²) in [6.45, 7) is 0. The first-order valence-electron chi connectivity index (χ1n) is 6.43. The van der Waals surface area contributed by atoms with Gasteiger partial charge in [0, 0.05) is 22.3 Å². The highest BCUT2D eigenvalue weighted by Crippen LogP contribution is 2.17. The summed E-state index contributed by atoms with van der Waals surface area (Å²) >= 11 is 3.29. The van der Waals surface area contributed by atoms with Gasteiger partial charge in [0.15, 0.2) is 0 Å². The van der Waals surface area contributed by atoms with E-state index in [2.05, 4.69) is 21.2 Å². The molecule has 7 heteroatoms. The van der Waals surface area contributed by atoms with Crippen LogP contribution in [0.5, 0.6) is 0 Å². The van der Waals surface area contributed by atoms with Crippen molar-refractivity contribution in [2.45, 2.75) is 0 Å². The zero-order chi connectivity index (χ0) is 16.8. The van der Waals surface area contributed by atoms with Gasteiger partial charge in [-0.1, -0.05) is 15.9 Å². The Balaban J connectivity index is 2.17. The summed E-state index contributed by atoms with van der Waals surface area (Å²) in [5.74, 6) is -0.548. The molecule has 0 heterocycles. The highest BCUT2D eigenvalue weighted by molar-refractivity contribution is 9.10. The lowest BCUT2D eigenvalue weighted by Gasteiger charge is -2.04. The minimum absolute atomic E-state index is 0.0556. The molecule has 0 aliphatic rings. The molecule has 0 atom stereocenters. The number of nitrogens with one attached hydrogen (secondary N) is 1. The molecule has 0 fully saturated rings. The molecule has 0 saturated carbocycles. The van der Waals surface area contributed by atoms with Gasteiger partial charge in [0.2, 0.25) is 0 Å². The number of nitro groups is 1. The predicted octanol–water partition coefficient (Wildman–Crippen LogP) is 3.90. The van der Waals surface area contributed by atoms with Crippen LogP contribution in [0.1, 0.15) is 5.56 Å². The van der Waals surface area contributed by atoms with Gasteiger partial charge >= 0.3 is 0 Å². The largest absolute Gasteiger partial charge is 0.321 e. The molecular weight excluding hydrogens is 362 g/mol. The van der Waals surface area contributed by atoms with E-state index < -0.39 is 10.8 Å². The Morgan fingerprint density at radius 1 is 1.17 bits per heavy atom. The van der Waals surface area contributed by atoms with Crippen LogP contribution in [0.15, 0.2) is 58.6 Å². The van der Waals surface area contributed by atoms with Crippen LogP contribution >= 0.6 is 15.9 Å². The van der Waals surface area contributed by atoms with Crippen LogP contribution in [-0.2, 0) is 4.79 Å². The Bertz CT molecular complexity index is 806. The van der Waals surface area contributed by atoms with Crippen LogP contribution in [0.25, 0.3) is 6.08 Å². The smallest absolute Gasteiger partial charge is 0.269 e. The maximum absolute atomic E-state index is 12.1. The average molecular weight is 372 g/mol. The van der Waals surface area contributed by atoms with E-state index in [-0.39, 0.29) is 11.3 Å². The Kier molecular flexibility index (Phi) is 5.23. The van der Waals surface area contributed by atoms with Gasteiger partial charge in [0.25, 0.3) is 11.6 Å². The number of anilines is 1. The zero-order valence-corrected chi connectivity index (χ0v) is 13.3. The monoisotopic (exact) mass is 371 g/mol. The number of nitriles is 1. The number of carbonyl (C=O) groups is 1. The van der Waals surface area contributed by atoms with Crippen molar-refractivity contribution in [2.75, 3.05) is 5.32 Å². The third-order valence-electron chi connectivity index (χ3n) is 2.88. The van der Waals surface area contributed by atoms with Gasteiger partial charge in [-0.25, -0.2) is 0 Å². The number of nitrogens with zero attached hydrogens (tertiary/aromatic N) is 2. The van der Waals surface area contributed by atoms with Gasteiger partial charge < -0.3 is 5.32 Å². The first-order valence-corrected chi connectivity index (χ1v) is 7.22. The van der Waals surface area contributed by atoms with E-state index in [1.165, 1.54) is 30.3 Å². The van der Waals surface area contributed by atoms with Gasteiger partial charge in [-0.15, -0.1) is 0 Å². The molecule has 1 amide bonds. The highest BCUT2D eigenvalue weighted by Gasteiger charge is 2.10. The molecule has 0 bridgehead atoms. The van der Waals surface area contributed by atoms with E-state index in [4.69, 9.17) is 5.26 Å². The minimum Gasteiger partial charge on any atom is -0.321 e. The quantitative estimate of drug-likeness (QED) is 0.381. The van der Waals surface area contributed by atoms with Crippen molar-refractivity contribution in [2.24, 2.45) is 0 Å². The van der Waals surface area contributed by atoms with Gasteiger partial charge in [-0.05, 0) is 48.0 Å². The number of hydrogen-bond donors (Lipinski definition) is 1. The molecule has 114 valence electrons. The second kappa shape index (κ2) is 7.33. The fraction of sp³-hybridized carbons (Fsp3) is 0. The molecule has 0 spiro atoms. The summed E-state index contributed by atoms with van der Waals surface area (Å²) in [4.78, 5) is 22.2. The molecule has 0 aliphatic heterocycles. The first-order chi connectivity index (χ1) is 11.0. The Morgan fingerprint density at radius 2 is 1.78 bits per heavy atom. The number of benzene rings is 2. The Hall–Kier alpha value is -2.98. The van der Waals surface area contributed by atoms with E-state index in [1.54, 1.807) is 24.3 Å². The van der Waals surface area contributed by atoms with Gasteiger partial charge in [-0.2, -0.15) is 5.26 Å². The normalized spacial score (nSPS) is 10.7. The molecule has 0 radical (unpaired) electrons. The van der Waals surface area contributed by atoms with Gasteiger partial charge in [0.05, 0.1) is 4.92 Å². The number of halogens is 1. The van der Waals surface area contributed by atoms with Crippen molar-refractivity contribution >= 4 is 39.3 Å². The summed E-state index contributed by atoms with van der Waals surface area (Å²) in [7, 11) is 0. The molecule has 2 aromatic rings. The summed E-state index contributed by atoms with van der Waals surface area (Å²) in [6, 6.07) is 14.3. The Morgan fingerprint density at radius 3 is 2.30 bits per heavy atom. The van der Waals surface area contributed by atoms with E-state index in [1.807, 2.05) is 6.07 Å². The van der Waals surface area contributed by atoms with Crippen LogP contribution in [0.3, 0.4) is 0 Å². The zero-order valence-electron chi connectivity index (χ0n) is 11.7. The van der Waals surface area contributed by atoms with Crippen LogP contribution in [0.2, 0.25) is 0 Å². The fourth-order valence-corrected chi connectivity index (χ4v) is 2.00. The van der Waals surface area contributed by atoms with Crippen LogP contribution in [0, 0.1) is 21.4 Å². The molecule has 1 N–H and O–H groups in total. The molecule has 0 aromatic heterocycles. The van der Waals surface area contributed by atoms with E-state index >= 15 is 0 Å². The third-order valence-corrected chi connectivity index (χ3v) is 3.41. The lowest BCUT2D eigenvalue weighted by Crippen LogP contribution is -2.13. The standard InChI is InChI=1S/C16H10BrN3O3/c17-13-3-5-14(6-4-13)19-16(21)12(10-18)9-11-1-7-15(8-2-11)20(22)23/h1-9H,(H,19,21)/b12-9-. The van der Waals surface area contributed by atoms with Crippen LogP contribution < -0.4 is 5.32 Å². The molecule has 0 saturated heterocycles. The van der Waals surface area contributed by atoms with Crippen LogP contribution in [0.4, 0.5) is 11.4 Å². The van der Waals surface area contributed by atoms with Crippen molar-refractivity contribution in [1.29, 1.82) is 5.26 Å². The summed E-state index contributed by atoms with van der Waals surface area (Å²) in [5, 5.41) is 22.3. The molecule has 2 aromatic carbocycles. The topological polar surface area (TPSA) is 96.0 Å². The van der Waals surface area contributed by atoms with Crippen molar-refractivity contribution in [1.82, 2.24) is 0 Å². The van der Waals surface area contributed by atoms with Crippen molar-refractivity contribution < 1.29 is 9.72 Å². The predicted molar refractivity (Wildman–Crippen MR) is 89.5 cm³/mol. The molecule has 6 nitrogen and oxygen atoms in total. The van der Waals surface area contributed by atoms with E-state index in [0.717, 1.165) is 4.47 Å². The van der Waals surface area contributed by atoms with Crippen LogP contribution in [-0.4, -0.2) is 10.8 Å². The number of non-ortho nitro benzene ring substituents is 1. The highest BCUT2D eigenvalue weighted by atomic mass is 79.9. The number of hydrogen-bond acceptors (Lipinski definition) is 4. The molecular formula is C16H10BrN3O3. The number of rotatable bonds is 4. The number of carbonyl (C=O) groups excluding carboxylic acids is 1. The lowest BCUT2D eigenvalue weighted by atomic mass is 10.1.